The Labute approximate surface area is 219 Å². The molecular formula is C29H30FN3O5. The summed E-state index contributed by atoms with van der Waals surface area (Å²) in [6.07, 6.45) is 5.38. The maximum atomic E-state index is 15.1. The third kappa shape index (κ3) is 4.77. The molecule has 1 amide bonds. The van der Waals surface area contributed by atoms with Crippen molar-refractivity contribution in [2.75, 3.05) is 21.3 Å². The van der Waals surface area contributed by atoms with Gasteiger partial charge in [-0.1, -0.05) is 12.8 Å². The number of methoxy groups -OCH3 is 3. The molecule has 0 bridgehead atoms. The van der Waals surface area contributed by atoms with Crippen LogP contribution in [0.25, 0.3) is 33.6 Å². The van der Waals surface area contributed by atoms with E-state index in [9.17, 15) is 4.79 Å². The zero-order valence-corrected chi connectivity index (χ0v) is 21.5. The molecule has 1 aliphatic carbocycles. The molecule has 2 aromatic heterocycles. The third-order valence-electron chi connectivity index (χ3n) is 7.02. The van der Waals surface area contributed by atoms with Gasteiger partial charge in [-0.3, -0.25) is 9.78 Å². The Bertz CT molecular complexity index is 1460. The van der Waals surface area contributed by atoms with E-state index in [4.69, 9.17) is 24.4 Å². The average molecular weight is 520 g/mol. The smallest absolute Gasteiger partial charge is 0.251 e. The number of rotatable bonds is 7. The lowest BCUT2D eigenvalue weighted by molar-refractivity contribution is 0.0921. The molecule has 0 radical (unpaired) electrons. The lowest BCUT2D eigenvalue weighted by Gasteiger charge is -2.29. The predicted octanol–water partition coefficient (Wildman–Crippen LogP) is 5.33. The van der Waals surface area contributed by atoms with Crippen molar-refractivity contribution < 1.29 is 27.8 Å². The van der Waals surface area contributed by atoms with Gasteiger partial charge in [0.2, 0.25) is 5.75 Å². The van der Waals surface area contributed by atoms with Crippen molar-refractivity contribution in [3.05, 3.63) is 60.0 Å². The van der Waals surface area contributed by atoms with Crippen LogP contribution in [0, 0.1) is 5.82 Å². The Hall–Kier alpha value is -4.11. The van der Waals surface area contributed by atoms with Crippen LogP contribution < -0.4 is 25.3 Å². The van der Waals surface area contributed by atoms with Gasteiger partial charge in [0.25, 0.3) is 5.91 Å². The molecule has 2 atom stereocenters. The number of hydrogen-bond donors (Lipinski definition) is 2. The van der Waals surface area contributed by atoms with E-state index < -0.39 is 5.82 Å². The minimum Gasteiger partial charge on any atom is -0.493 e. The number of pyridine rings is 1. The largest absolute Gasteiger partial charge is 0.493 e. The number of nitrogens with one attached hydrogen (secondary N) is 1. The Morgan fingerprint density at radius 1 is 1.00 bits per heavy atom. The molecule has 38 heavy (non-hydrogen) atoms. The van der Waals surface area contributed by atoms with Crippen LogP contribution in [0.15, 0.2) is 53.1 Å². The van der Waals surface area contributed by atoms with E-state index >= 15 is 4.39 Å². The van der Waals surface area contributed by atoms with Gasteiger partial charge in [0.1, 0.15) is 17.1 Å². The zero-order chi connectivity index (χ0) is 26.8. The lowest BCUT2D eigenvalue weighted by atomic mass is 9.91. The first-order valence-electron chi connectivity index (χ1n) is 12.5. The van der Waals surface area contributed by atoms with Crippen molar-refractivity contribution in [3.63, 3.8) is 0 Å². The standard InChI is InChI=1S/C29H30FN3O5/c1-35-25-13-17(14-26(36-2)28(25)37-3)24-15-23-27(38-24)18(10-11-32-23)19-12-16(8-9-20(19)30)29(34)33-22-7-5-4-6-21(22)31/h8-15,21-22H,4-7,31H2,1-3H3,(H,33,34)/t21-,22+/m0/s1. The number of nitrogens with two attached hydrogens (primary N) is 1. The van der Waals surface area contributed by atoms with Gasteiger partial charge >= 0.3 is 0 Å². The highest BCUT2D eigenvalue weighted by molar-refractivity contribution is 5.98. The molecule has 198 valence electrons. The van der Waals surface area contributed by atoms with E-state index in [1.165, 1.54) is 39.5 Å². The number of nitrogens with zero attached hydrogens (tertiary/aromatic N) is 1. The van der Waals surface area contributed by atoms with Crippen LogP contribution in [0.3, 0.4) is 0 Å². The molecule has 0 saturated heterocycles. The second kappa shape index (κ2) is 10.7. The van der Waals surface area contributed by atoms with E-state index in [1.54, 1.807) is 30.5 Å². The molecular weight excluding hydrogens is 489 g/mol. The Balaban J connectivity index is 1.53. The van der Waals surface area contributed by atoms with Gasteiger partial charge in [-0.25, -0.2) is 4.39 Å². The van der Waals surface area contributed by atoms with Crippen molar-refractivity contribution >= 4 is 17.0 Å². The monoisotopic (exact) mass is 519 g/mol. The van der Waals surface area contributed by atoms with Gasteiger partial charge in [-0.05, 0) is 49.2 Å². The van der Waals surface area contributed by atoms with E-state index in [0.717, 1.165) is 25.7 Å². The van der Waals surface area contributed by atoms with Crippen LogP contribution in [-0.4, -0.2) is 44.3 Å². The zero-order valence-electron chi connectivity index (χ0n) is 21.5. The summed E-state index contributed by atoms with van der Waals surface area (Å²) in [7, 11) is 4.60. The topological polar surface area (TPSA) is 109 Å². The number of carbonyl (C=O) groups excluding carboxylic acids is 1. The molecule has 0 unspecified atom stereocenters. The van der Waals surface area contributed by atoms with Crippen LogP contribution in [0.5, 0.6) is 17.2 Å². The summed E-state index contributed by atoms with van der Waals surface area (Å²) >= 11 is 0. The molecule has 5 rings (SSSR count). The molecule has 4 aromatic rings. The minimum atomic E-state index is -0.478. The number of ether oxygens (including phenoxy) is 3. The normalized spacial score (nSPS) is 17.3. The van der Waals surface area contributed by atoms with Gasteiger partial charge in [0.05, 0.1) is 21.3 Å². The number of amides is 1. The van der Waals surface area contributed by atoms with Gasteiger partial charge in [-0.15, -0.1) is 0 Å². The first-order valence-corrected chi connectivity index (χ1v) is 12.5. The fraction of sp³-hybridized carbons (Fsp3) is 0.310. The molecule has 3 N–H and O–H groups in total. The number of furan rings is 1. The highest BCUT2D eigenvalue weighted by Gasteiger charge is 2.25. The average Bonchev–Trinajstić information content (AvgIpc) is 3.38. The van der Waals surface area contributed by atoms with Gasteiger partial charge in [0.15, 0.2) is 17.1 Å². The van der Waals surface area contributed by atoms with Crippen LogP contribution in [-0.2, 0) is 0 Å². The van der Waals surface area contributed by atoms with Crippen molar-refractivity contribution in [1.82, 2.24) is 10.3 Å². The second-order valence-electron chi connectivity index (χ2n) is 9.32. The SMILES string of the molecule is COc1cc(-c2cc3nccc(-c4cc(C(=O)N[C@@H]5CCCC[C@@H]5N)ccc4F)c3o2)cc(OC)c1OC. The summed E-state index contributed by atoms with van der Waals surface area (Å²) in [5.41, 5.74) is 8.86. The van der Waals surface area contributed by atoms with E-state index in [2.05, 4.69) is 10.3 Å². The van der Waals surface area contributed by atoms with Crippen molar-refractivity contribution in [2.24, 2.45) is 5.73 Å². The maximum Gasteiger partial charge on any atom is 0.251 e. The summed E-state index contributed by atoms with van der Waals surface area (Å²) in [5, 5.41) is 3.02. The van der Waals surface area contributed by atoms with E-state index in [1.807, 2.05) is 0 Å². The van der Waals surface area contributed by atoms with Gasteiger partial charge < -0.3 is 29.7 Å². The molecule has 0 spiro atoms. The van der Waals surface area contributed by atoms with Crippen molar-refractivity contribution in [2.45, 2.75) is 37.8 Å². The fourth-order valence-corrected chi connectivity index (χ4v) is 4.98. The summed E-state index contributed by atoms with van der Waals surface area (Å²) < 4.78 is 37.7. The lowest BCUT2D eigenvalue weighted by Crippen LogP contribution is -2.49. The number of halogens is 1. The number of benzene rings is 2. The second-order valence-corrected chi connectivity index (χ2v) is 9.32. The quantitative estimate of drug-likeness (QED) is 0.340. The first-order chi connectivity index (χ1) is 18.4. The highest BCUT2D eigenvalue weighted by Crippen LogP contribution is 2.43. The van der Waals surface area contributed by atoms with Gasteiger partial charge in [-0.2, -0.15) is 0 Å². The first kappa shape index (κ1) is 25.5. The summed E-state index contributed by atoms with van der Waals surface area (Å²) in [6, 6.07) is 11.1. The molecule has 1 saturated carbocycles. The minimum absolute atomic E-state index is 0.0795. The van der Waals surface area contributed by atoms with E-state index in [0.29, 0.717) is 50.8 Å². The van der Waals surface area contributed by atoms with Crippen LogP contribution in [0.2, 0.25) is 0 Å². The van der Waals surface area contributed by atoms with Crippen LogP contribution in [0.1, 0.15) is 36.0 Å². The number of carbonyl (C=O) groups is 1. The molecule has 8 nitrogen and oxygen atoms in total. The molecule has 9 heteroatoms. The van der Waals surface area contributed by atoms with Crippen molar-refractivity contribution in [3.8, 4) is 39.7 Å². The number of fused-ring (bicyclic) bond motifs is 1. The highest BCUT2D eigenvalue weighted by atomic mass is 19.1. The van der Waals surface area contributed by atoms with Gasteiger partial charge in [0, 0.05) is 46.6 Å². The van der Waals surface area contributed by atoms with Crippen LogP contribution in [0.4, 0.5) is 4.39 Å². The van der Waals surface area contributed by atoms with Crippen LogP contribution >= 0.6 is 0 Å². The molecule has 2 heterocycles. The summed E-state index contributed by atoms with van der Waals surface area (Å²) in [6.45, 7) is 0. The summed E-state index contributed by atoms with van der Waals surface area (Å²) in [4.78, 5) is 17.4. The molecule has 1 aliphatic rings. The Kier molecular flexibility index (Phi) is 7.20. The molecule has 1 fully saturated rings. The predicted molar refractivity (Wildman–Crippen MR) is 142 cm³/mol. The molecule has 0 aliphatic heterocycles. The van der Waals surface area contributed by atoms with Crippen molar-refractivity contribution in [1.29, 1.82) is 0 Å². The fourth-order valence-electron chi connectivity index (χ4n) is 4.98. The Morgan fingerprint density at radius 3 is 2.42 bits per heavy atom. The maximum absolute atomic E-state index is 15.1. The Morgan fingerprint density at radius 2 is 1.74 bits per heavy atom. The third-order valence-corrected chi connectivity index (χ3v) is 7.02. The molecule has 2 aromatic carbocycles. The van der Waals surface area contributed by atoms with E-state index in [-0.39, 0.29) is 23.6 Å². The number of aromatic nitrogens is 1. The number of hydrogen-bond acceptors (Lipinski definition) is 7. The summed E-state index contributed by atoms with van der Waals surface area (Å²) in [5.74, 6) is 1.13.